The van der Waals surface area contributed by atoms with E-state index >= 15 is 0 Å². The van der Waals surface area contributed by atoms with Gasteiger partial charge in [0.2, 0.25) is 5.28 Å². The summed E-state index contributed by atoms with van der Waals surface area (Å²) in [6.07, 6.45) is 1.44. The summed E-state index contributed by atoms with van der Waals surface area (Å²) in [5.74, 6) is 0. The van der Waals surface area contributed by atoms with Crippen LogP contribution in [0.3, 0.4) is 0 Å². The first-order valence-electron chi connectivity index (χ1n) is 2.38. The minimum absolute atomic E-state index is 0.451. The van der Waals surface area contributed by atoms with Gasteiger partial charge in [0.25, 0.3) is 0 Å². The van der Waals surface area contributed by atoms with E-state index in [0.717, 1.165) is 6.54 Å². The summed E-state index contributed by atoms with van der Waals surface area (Å²) in [5, 5.41) is 4.26. The number of aromatic nitrogens is 3. The average molecular weight is 132 g/mol. The van der Waals surface area contributed by atoms with Crippen molar-refractivity contribution < 1.29 is 0 Å². The third-order valence-electron chi connectivity index (χ3n) is 0.868. The predicted molar refractivity (Wildman–Crippen MR) is 30.7 cm³/mol. The number of rotatable bonds is 1. The number of hydrogen-bond donors (Lipinski definition) is 0. The summed E-state index contributed by atoms with van der Waals surface area (Å²) in [7, 11) is 0. The first kappa shape index (κ1) is 5.56. The van der Waals surface area contributed by atoms with Crippen molar-refractivity contribution in [2.45, 2.75) is 13.5 Å². The third-order valence-corrected chi connectivity index (χ3v) is 1.16. The van der Waals surface area contributed by atoms with Gasteiger partial charge in [-0.1, -0.05) is 0 Å². The lowest BCUT2D eigenvalue weighted by atomic mass is 10.8. The second kappa shape index (κ2) is 2.13. The molecule has 0 saturated heterocycles. The van der Waals surface area contributed by atoms with Crippen molar-refractivity contribution >= 4 is 11.6 Å². The van der Waals surface area contributed by atoms with Crippen molar-refractivity contribution in [2.75, 3.05) is 0 Å². The molecule has 8 heavy (non-hydrogen) atoms. The maximum atomic E-state index is 5.53. The Balaban J connectivity index is 2.92. The maximum Gasteiger partial charge on any atom is 0.220 e. The highest BCUT2D eigenvalue weighted by Crippen LogP contribution is 1.99. The molecule has 44 valence electrons. The molecule has 0 saturated carbocycles. The van der Waals surface area contributed by atoms with Crippen LogP contribution in [0.5, 0.6) is 0 Å². The van der Waals surface area contributed by atoms with Crippen LogP contribution in [-0.2, 0) is 6.54 Å². The highest BCUT2D eigenvalue weighted by molar-refractivity contribution is 6.28. The summed E-state index contributed by atoms with van der Waals surface area (Å²) in [6.45, 7) is 2.74. The van der Waals surface area contributed by atoms with Crippen molar-refractivity contribution in [1.82, 2.24) is 14.8 Å². The van der Waals surface area contributed by atoms with Gasteiger partial charge in [-0.15, -0.1) is 0 Å². The first-order valence-corrected chi connectivity index (χ1v) is 2.75. The van der Waals surface area contributed by atoms with E-state index in [2.05, 4.69) is 10.1 Å². The number of hydrogen-bond acceptors (Lipinski definition) is 2. The normalized spacial score (nSPS) is 9.75. The maximum absolute atomic E-state index is 5.53. The van der Waals surface area contributed by atoms with Crippen LogP contribution in [0.25, 0.3) is 0 Å². The SMILES string of the molecule is CCn1ncnc1Cl. The highest BCUT2D eigenvalue weighted by Gasteiger charge is 1.93. The van der Waals surface area contributed by atoms with E-state index in [-0.39, 0.29) is 0 Å². The van der Waals surface area contributed by atoms with E-state index < -0.39 is 0 Å². The van der Waals surface area contributed by atoms with Gasteiger partial charge >= 0.3 is 0 Å². The zero-order valence-corrected chi connectivity index (χ0v) is 5.26. The Kier molecular flexibility index (Phi) is 1.48. The van der Waals surface area contributed by atoms with Gasteiger partial charge < -0.3 is 0 Å². The van der Waals surface area contributed by atoms with Crippen LogP contribution in [0.15, 0.2) is 6.33 Å². The lowest BCUT2D eigenvalue weighted by Gasteiger charge is -1.90. The second-order valence-corrected chi connectivity index (χ2v) is 1.68. The van der Waals surface area contributed by atoms with Crippen LogP contribution in [0.1, 0.15) is 6.92 Å². The predicted octanol–water partition coefficient (Wildman–Crippen LogP) is 0.951. The largest absolute Gasteiger partial charge is 0.237 e. The molecule has 1 rings (SSSR count). The van der Waals surface area contributed by atoms with Crippen LogP contribution in [-0.4, -0.2) is 14.8 Å². The van der Waals surface area contributed by atoms with Gasteiger partial charge in [0.15, 0.2) is 0 Å². The molecule has 4 heteroatoms. The monoisotopic (exact) mass is 131 g/mol. The van der Waals surface area contributed by atoms with Crippen molar-refractivity contribution in [3.8, 4) is 0 Å². The zero-order valence-electron chi connectivity index (χ0n) is 4.50. The quantitative estimate of drug-likeness (QED) is 0.568. The minimum Gasteiger partial charge on any atom is -0.237 e. The molecule has 0 fully saturated rings. The molecule has 0 spiro atoms. The van der Waals surface area contributed by atoms with Gasteiger partial charge in [-0.25, -0.2) is 9.67 Å². The molecule has 0 N–H and O–H groups in total. The fourth-order valence-corrected chi connectivity index (χ4v) is 0.669. The molecule has 0 amide bonds. The Bertz CT molecular complexity index is 172. The van der Waals surface area contributed by atoms with Crippen molar-refractivity contribution in [3.63, 3.8) is 0 Å². The molecule has 0 atom stereocenters. The standard InChI is InChI=1S/C4H6ClN3/c1-2-8-4(5)6-3-7-8/h3H,2H2,1H3. The fraction of sp³-hybridized carbons (Fsp3) is 0.500. The minimum atomic E-state index is 0.451. The first-order chi connectivity index (χ1) is 3.84. The lowest BCUT2D eigenvalue weighted by molar-refractivity contribution is 0.659. The van der Waals surface area contributed by atoms with E-state index in [1.54, 1.807) is 4.68 Å². The molecule has 0 radical (unpaired) electrons. The molecule has 0 aliphatic heterocycles. The molecule has 1 heterocycles. The molecule has 3 nitrogen and oxygen atoms in total. The summed E-state index contributed by atoms with van der Waals surface area (Å²) in [6, 6.07) is 0. The van der Waals surface area contributed by atoms with E-state index in [1.807, 2.05) is 6.92 Å². The molecule has 0 aromatic carbocycles. The third kappa shape index (κ3) is 0.816. The molecular weight excluding hydrogens is 126 g/mol. The number of halogens is 1. The van der Waals surface area contributed by atoms with Crippen LogP contribution >= 0.6 is 11.6 Å². The van der Waals surface area contributed by atoms with Crippen molar-refractivity contribution in [3.05, 3.63) is 11.6 Å². The Morgan fingerprint density at radius 1 is 1.88 bits per heavy atom. The van der Waals surface area contributed by atoms with Crippen molar-refractivity contribution in [1.29, 1.82) is 0 Å². The zero-order chi connectivity index (χ0) is 5.98. The molecular formula is C4H6ClN3. The van der Waals surface area contributed by atoms with Gasteiger partial charge in [-0.2, -0.15) is 5.10 Å². The van der Waals surface area contributed by atoms with Crippen LogP contribution in [0.2, 0.25) is 5.28 Å². The van der Waals surface area contributed by atoms with Gasteiger partial charge in [0.05, 0.1) is 0 Å². The molecule has 0 aliphatic carbocycles. The van der Waals surface area contributed by atoms with Gasteiger partial charge in [0, 0.05) is 6.54 Å². The molecule has 0 bridgehead atoms. The Labute approximate surface area is 52.3 Å². The Morgan fingerprint density at radius 3 is 2.88 bits per heavy atom. The Hall–Kier alpha value is -0.570. The molecule has 1 aromatic heterocycles. The summed E-state index contributed by atoms with van der Waals surface area (Å²) in [4.78, 5) is 3.70. The number of aryl methyl sites for hydroxylation is 1. The fourth-order valence-electron chi connectivity index (χ4n) is 0.462. The van der Waals surface area contributed by atoms with Gasteiger partial charge in [-0.05, 0) is 18.5 Å². The average Bonchev–Trinajstić information content (AvgIpc) is 2.14. The molecule has 0 unspecified atom stereocenters. The van der Waals surface area contributed by atoms with E-state index in [9.17, 15) is 0 Å². The van der Waals surface area contributed by atoms with Crippen LogP contribution in [0, 0.1) is 0 Å². The van der Waals surface area contributed by atoms with E-state index in [1.165, 1.54) is 6.33 Å². The van der Waals surface area contributed by atoms with Gasteiger partial charge in [-0.3, -0.25) is 0 Å². The molecule has 1 aromatic rings. The van der Waals surface area contributed by atoms with Crippen LogP contribution < -0.4 is 0 Å². The van der Waals surface area contributed by atoms with Gasteiger partial charge in [0.1, 0.15) is 6.33 Å². The van der Waals surface area contributed by atoms with Crippen molar-refractivity contribution in [2.24, 2.45) is 0 Å². The highest BCUT2D eigenvalue weighted by atomic mass is 35.5. The smallest absolute Gasteiger partial charge is 0.220 e. The van der Waals surface area contributed by atoms with Crippen LogP contribution in [0.4, 0.5) is 0 Å². The van der Waals surface area contributed by atoms with E-state index in [0.29, 0.717) is 5.28 Å². The number of nitrogens with zero attached hydrogens (tertiary/aromatic N) is 3. The topological polar surface area (TPSA) is 30.7 Å². The van der Waals surface area contributed by atoms with E-state index in [4.69, 9.17) is 11.6 Å². The second-order valence-electron chi connectivity index (χ2n) is 1.34. The summed E-state index contributed by atoms with van der Waals surface area (Å²) < 4.78 is 1.61. The molecule has 0 aliphatic rings. The Morgan fingerprint density at radius 2 is 2.62 bits per heavy atom. The summed E-state index contributed by atoms with van der Waals surface area (Å²) >= 11 is 5.53. The lowest BCUT2D eigenvalue weighted by Crippen LogP contribution is -1.94. The summed E-state index contributed by atoms with van der Waals surface area (Å²) in [5.41, 5.74) is 0.